The number of hydrogen-bond acceptors (Lipinski definition) is 10. The van der Waals surface area contributed by atoms with Crippen LogP contribution >= 0.6 is 7.82 Å². The molecule has 12 heteroatoms. The predicted octanol–water partition coefficient (Wildman–Crippen LogP) is 18.1. The summed E-state index contributed by atoms with van der Waals surface area (Å²) in [4.78, 5) is 48.5. The van der Waals surface area contributed by atoms with E-state index in [4.69, 9.17) is 23.3 Å². The van der Waals surface area contributed by atoms with E-state index in [1.807, 2.05) is 12.2 Å². The molecule has 0 spiro atoms. The Hall–Kier alpha value is -2.56. The lowest BCUT2D eigenvalue weighted by atomic mass is 10.0. The number of hydrogen-bond donors (Lipinski definition) is 2. The van der Waals surface area contributed by atoms with Crippen LogP contribution in [0.25, 0.3) is 0 Å². The molecule has 0 aromatic carbocycles. The fraction of sp³-hybridized carbons (Fsp3) is 0.823. The molecule has 0 aromatic rings. The number of unbranched alkanes of at least 4 members (excludes halogenated alkanes) is 32. The molecular formula is C62H113O11P. The van der Waals surface area contributed by atoms with Crippen LogP contribution in [0, 0.1) is 0 Å². The van der Waals surface area contributed by atoms with Crippen molar-refractivity contribution in [1.82, 2.24) is 0 Å². The quantitative estimate of drug-likeness (QED) is 0.0197. The maximum absolute atomic E-state index is 12.9. The molecule has 74 heavy (non-hydrogen) atoms. The molecule has 432 valence electrons. The number of aliphatic hydroxyl groups is 1. The monoisotopic (exact) mass is 1060 g/mol. The second-order valence-electron chi connectivity index (χ2n) is 20.5. The number of phosphoric ester groups is 1. The van der Waals surface area contributed by atoms with Gasteiger partial charge in [0.2, 0.25) is 0 Å². The highest BCUT2D eigenvalue weighted by Gasteiger charge is 2.28. The van der Waals surface area contributed by atoms with Crippen molar-refractivity contribution in [3.63, 3.8) is 0 Å². The largest absolute Gasteiger partial charge is 0.472 e. The van der Waals surface area contributed by atoms with Crippen molar-refractivity contribution < 1.29 is 52.2 Å². The normalized spacial score (nSPS) is 13.6. The smallest absolute Gasteiger partial charge is 0.462 e. The molecule has 0 rings (SSSR count). The van der Waals surface area contributed by atoms with Crippen molar-refractivity contribution in [1.29, 1.82) is 0 Å². The van der Waals surface area contributed by atoms with E-state index in [1.54, 1.807) is 0 Å². The van der Waals surface area contributed by atoms with Gasteiger partial charge in [-0.3, -0.25) is 23.4 Å². The molecule has 0 radical (unpaired) electrons. The van der Waals surface area contributed by atoms with Gasteiger partial charge < -0.3 is 24.2 Å². The highest BCUT2D eigenvalue weighted by atomic mass is 31.2. The summed E-state index contributed by atoms with van der Waals surface area (Å²) < 4.78 is 39.5. The minimum absolute atomic E-state index is 0.109. The van der Waals surface area contributed by atoms with Crippen LogP contribution in [0.5, 0.6) is 0 Å². The zero-order chi connectivity index (χ0) is 54.1. The van der Waals surface area contributed by atoms with E-state index in [2.05, 4.69) is 57.2 Å². The third-order valence-electron chi connectivity index (χ3n) is 13.3. The third-order valence-corrected chi connectivity index (χ3v) is 14.2. The van der Waals surface area contributed by atoms with Crippen LogP contribution in [0.15, 0.2) is 48.6 Å². The van der Waals surface area contributed by atoms with Gasteiger partial charge in [-0.2, -0.15) is 0 Å². The molecule has 0 saturated heterocycles. The van der Waals surface area contributed by atoms with Crippen LogP contribution < -0.4 is 0 Å². The summed E-state index contributed by atoms with van der Waals surface area (Å²) in [5, 5.41) is 9.82. The molecule has 2 N–H and O–H groups in total. The summed E-state index contributed by atoms with van der Waals surface area (Å²) in [5.41, 5.74) is 0. The Kier molecular flexibility index (Phi) is 54.7. The van der Waals surface area contributed by atoms with E-state index in [1.165, 1.54) is 167 Å². The number of carbonyl (C=O) groups excluding carboxylic acids is 3. The highest BCUT2D eigenvalue weighted by Crippen LogP contribution is 2.43. The molecule has 3 unspecified atom stereocenters. The van der Waals surface area contributed by atoms with Gasteiger partial charge in [0.15, 0.2) is 6.10 Å². The highest BCUT2D eigenvalue weighted by molar-refractivity contribution is 7.47. The molecule has 0 aromatic heterocycles. The Morgan fingerprint density at radius 1 is 0.392 bits per heavy atom. The van der Waals surface area contributed by atoms with Crippen molar-refractivity contribution >= 4 is 25.7 Å². The first-order chi connectivity index (χ1) is 36.2. The Balaban J connectivity index is 4.70. The van der Waals surface area contributed by atoms with E-state index in [-0.39, 0.29) is 25.9 Å². The molecule has 0 aliphatic rings. The van der Waals surface area contributed by atoms with Gasteiger partial charge in [0, 0.05) is 19.3 Å². The zero-order valence-electron chi connectivity index (χ0n) is 47.8. The third kappa shape index (κ3) is 54.2. The van der Waals surface area contributed by atoms with E-state index in [0.29, 0.717) is 19.3 Å². The summed E-state index contributed by atoms with van der Waals surface area (Å²) >= 11 is 0. The van der Waals surface area contributed by atoms with E-state index in [9.17, 15) is 28.9 Å². The second kappa shape index (κ2) is 56.6. The number of carbonyl (C=O) groups is 3. The number of esters is 3. The molecule has 11 nitrogen and oxygen atoms in total. The summed E-state index contributed by atoms with van der Waals surface area (Å²) in [5.74, 6) is -1.54. The molecule has 0 aliphatic heterocycles. The van der Waals surface area contributed by atoms with E-state index >= 15 is 0 Å². The van der Waals surface area contributed by atoms with Gasteiger partial charge in [-0.15, -0.1) is 0 Å². The molecule has 0 amide bonds. The maximum Gasteiger partial charge on any atom is 0.472 e. The Morgan fingerprint density at radius 2 is 0.703 bits per heavy atom. The topological polar surface area (TPSA) is 155 Å². The average Bonchev–Trinajstić information content (AvgIpc) is 3.39. The fourth-order valence-corrected chi connectivity index (χ4v) is 9.45. The van der Waals surface area contributed by atoms with Gasteiger partial charge in [0.1, 0.15) is 12.7 Å². The molecule has 0 fully saturated rings. The van der Waals surface area contributed by atoms with Crippen molar-refractivity contribution in [2.24, 2.45) is 0 Å². The van der Waals surface area contributed by atoms with Crippen molar-refractivity contribution in [3.05, 3.63) is 48.6 Å². The molecular weight excluding hydrogens is 952 g/mol. The van der Waals surface area contributed by atoms with Gasteiger partial charge in [0.25, 0.3) is 0 Å². The minimum Gasteiger partial charge on any atom is -0.462 e. The second-order valence-corrected chi connectivity index (χ2v) is 22.0. The Labute approximate surface area is 453 Å². The SMILES string of the molecule is CC/C=C\C/C=C\C/C=C\C/C=C\CCC(=O)OCC(COP(=O)(O)OCC(CO)OC(=O)CCCCCCCCCCCCCCCCC)OC(=O)CCCCCCCCCCCCCCCCCCCCC. The number of allylic oxidation sites excluding steroid dienone is 8. The van der Waals surface area contributed by atoms with Crippen LogP contribution in [0.4, 0.5) is 0 Å². The first-order valence-corrected chi connectivity index (χ1v) is 32.0. The van der Waals surface area contributed by atoms with E-state index < -0.39 is 57.8 Å². The summed E-state index contributed by atoms with van der Waals surface area (Å²) in [6.07, 6.45) is 60.9. The Bertz CT molecular complexity index is 1430. The molecule has 3 atom stereocenters. The first kappa shape index (κ1) is 71.4. The van der Waals surface area contributed by atoms with Gasteiger partial charge >= 0.3 is 25.7 Å². The fourth-order valence-electron chi connectivity index (χ4n) is 8.67. The number of phosphoric acid groups is 1. The van der Waals surface area contributed by atoms with Crippen molar-refractivity contribution in [3.8, 4) is 0 Å². The average molecular weight is 1070 g/mol. The first-order valence-electron chi connectivity index (χ1n) is 30.5. The van der Waals surface area contributed by atoms with Crippen LogP contribution in [-0.4, -0.2) is 66.5 Å². The predicted molar refractivity (Wildman–Crippen MR) is 307 cm³/mol. The van der Waals surface area contributed by atoms with Crippen LogP contribution in [-0.2, 0) is 42.2 Å². The summed E-state index contributed by atoms with van der Waals surface area (Å²) in [6.45, 7) is 4.50. The lowest BCUT2D eigenvalue weighted by molar-refractivity contribution is -0.161. The Morgan fingerprint density at radius 3 is 1.05 bits per heavy atom. The van der Waals surface area contributed by atoms with Gasteiger partial charge in [-0.1, -0.05) is 275 Å². The molecule has 0 heterocycles. The lowest BCUT2D eigenvalue weighted by Crippen LogP contribution is -2.30. The lowest BCUT2D eigenvalue weighted by Gasteiger charge is -2.21. The van der Waals surface area contributed by atoms with Gasteiger partial charge in [-0.05, 0) is 44.9 Å². The molecule has 0 aliphatic carbocycles. The number of ether oxygens (including phenoxy) is 3. The van der Waals surface area contributed by atoms with Crippen LogP contribution in [0.2, 0.25) is 0 Å². The number of rotatable bonds is 57. The van der Waals surface area contributed by atoms with Gasteiger partial charge in [0.05, 0.1) is 19.8 Å². The summed E-state index contributed by atoms with van der Waals surface area (Å²) in [7, 11) is -4.76. The summed E-state index contributed by atoms with van der Waals surface area (Å²) in [6, 6.07) is 0. The standard InChI is InChI=1S/C62H113O11P/c1-4-7-10-13-16-19-22-25-27-28-29-30-32-35-38-41-44-47-50-53-62(66)73-59(55-69-60(64)51-48-45-42-39-36-33-24-21-18-15-12-9-6-3)57-71-74(67,68)70-56-58(54-63)72-61(65)52-49-46-43-40-37-34-31-26-23-20-17-14-11-8-5-2/h9,12,18,21,33,36,42,45,58-59,63H,4-8,10-11,13-17,19-20,22-32,34-35,37-41,43-44,46-57H2,1-3H3,(H,67,68)/b12-9-,21-18-,36-33-,45-42-. The minimum atomic E-state index is -4.76. The van der Waals surface area contributed by atoms with Crippen LogP contribution in [0.3, 0.4) is 0 Å². The van der Waals surface area contributed by atoms with E-state index in [0.717, 1.165) is 64.2 Å². The van der Waals surface area contributed by atoms with Crippen LogP contribution in [0.1, 0.15) is 290 Å². The molecule has 0 bridgehead atoms. The van der Waals surface area contributed by atoms with Gasteiger partial charge in [-0.25, -0.2) is 4.57 Å². The van der Waals surface area contributed by atoms with Crippen molar-refractivity contribution in [2.75, 3.05) is 26.4 Å². The molecule has 0 saturated carbocycles. The zero-order valence-corrected chi connectivity index (χ0v) is 48.7. The number of aliphatic hydroxyl groups excluding tert-OH is 1. The van der Waals surface area contributed by atoms with Crippen molar-refractivity contribution in [2.45, 2.75) is 303 Å². The maximum atomic E-state index is 12.9.